The van der Waals surface area contributed by atoms with E-state index in [2.05, 4.69) is 10.3 Å². The zero-order valence-corrected chi connectivity index (χ0v) is 8.69. The van der Waals surface area contributed by atoms with Crippen LogP contribution < -0.4 is 15.8 Å². The summed E-state index contributed by atoms with van der Waals surface area (Å²) in [6, 6.07) is 3.48. The standard InChI is InChI=1S/C10H15N3O2/c1-2-15-10-8(4-3-7-12-10)13-9(14)5-6-11/h3-4,7H,2,5-6,11H2,1H3,(H,13,14). The molecule has 0 saturated heterocycles. The van der Waals surface area contributed by atoms with Gasteiger partial charge >= 0.3 is 0 Å². The van der Waals surface area contributed by atoms with E-state index in [1.807, 2.05) is 6.92 Å². The number of hydrogen-bond acceptors (Lipinski definition) is 4. The summed E-state index contributed by atoms with van der Waals surface area (Å²) in [5.74, 6) is 0.303. The summed E-state index contributed by atoms with van der Waals surface area (Å²) < 4.78 is 5.26. The molecule has 15 heavy (non-hydrogen) atoms. The Morgan fingerprint density at radius 3 is 3.13 bits per heavy atom. The van der Waals surface area contributed by atoms with Crippen molar-refractivity contribution in [3.63, 3.8) is 0 Å². The van der Waals surface area contributed by atoms with Crippen molar-refractivity contribution in [2.75, 3.05) is 18.5 Å². The molecule has 0 bridgehead atoms. The highest BCUT2D eigenvalue weighted by Gasteiger charge is 2.07. The first-order valence-electron chi connectivity index (χ1n) is 4.85. The minimum Gasteiger partial charge on any atom is -0.476 e. The molecule has 0 aliphatic heterocycles. The summed E-state index contributed by atoms with van der Waals surface area (Å²) in [5.41, 5.74) is 5.85. The highest BCUT2D eigenvalue weighted by atomic mass is 16.5. The second kappa shape index (κ2) is 5.98. The van der Waals surface area contributed by atoms with Gasteiger partial charge in [0.1, 0.15) is 5.69 Å². The van der Waals surface area contributed by atoms with Gasteiger partial charge in [-0.15, -0.1) is 0 Å². The maximum atomic E-state index is 11.3. The molecule has 1 heterocycles. The van der Waals surface area contributed by atoms with Gasteiger partial charge < -0.3 is 15.8 Å². The van der Waals surface area contributed by atoms with Crippen LogP contribution in [0.1, 0.15) is 13.3 Å². The number of nitrogens with zero attached hydrogens (tertiary/aromatic N) is 1. The van der Waals surface area contributed by atoms with Crippen LogP contribution >= 0.6 is 0 Å². The molecular formula is C10H15N3O2. The van der Waals surface area contributed by atoms with Gasteiger partial charge in [0.15, 0.2) is 0 Å². The van der Waals surface area contributed by atoms with Crippen LogP contribution in [0.2, 0.25) is 0 Å². The molecule has 0 aliphatic carbocycles. The SMILES string of the molecule is CCOc1ncccc1NC(=O)CCN. The fourth-order valence-electron chi connectivity index (χ4n) is 1.08. The molecule has 0 fully saturated rings. The van der Waals surface area contributed by atoms with Gasteiger partial charge in [0, 0.05) is 19.2 Å². The highest BCUT2D eigenvalue weighted by molar-refractivity contribution is 5.91. The molecule has 5 nitrogen and oxygen atoms in total. The molecule has 1 rings (SSSR count). The van der Waals surface area contributed by atoms with Crippen molar-refractivity contribution >= 4 is 11.6 Å². The van der Waals surface area contributed by atoms with Gasteiger partial charge in [0.25, 0.3) is 0 Å². The molecule has 0 unspecified atom stereocenters. The number of aromatic nitrogens is 1. The number of hydrogen-bond donors (Lipinski definition) is 2. The fourth-order valence-corrected chi connectivity index (χ4v) is 1.08. The van der Waals surface area contributed by atoms with Crippen LogP contribution in [0.25, 0.3) is 0 Å². The second-order valence-corrected chi connectivity index (χ2v) is 2.88. The third kappa shape index (κ3) is 3.55. The summed E-state index contributed by atoms with van der Waals surface area (Å²) in [4.78, 5) is 15.3. The molecule has 0 aromatic carbocycles. The number of rotatable bonds is 5. The Morgan fingerprint density at radius 1 is 1.67 bits per heavy atom. The Labute approximate surface area is 88.6 Å². The summed E-state index contributed by atoms with van der Waals surface area (Å²) in [7, 11) is 0. The number of carbonyl (C=O) groups excluding carboxylic acids is 1. The topological polar surface area (TPSA) is 77.2 Å². The Morgan fingerprint density at radius 2 is 2.47 bits per heavy atom. The Kier molecular flexibility index (Phi) is 4.56. The lowest BCUT2D eigenvalue weighted by molar-refractivity contribution is -0.116. The van der Waals surface area contributed by atoms with E-state index in [9.17, 15) is 4.79 Å². The zero-order valence-electron chi connectivity index (χ0n) is 8.69. The quantitative estimate of drug-likeness (QED) is 0.750. The minimum atomic E-state index is -0.133. The van der Waals surface area contributed by atoms with Crippen molar-refractivity contribution in [3.8, 4) is 5.88 Å². The predicted molar refractivity (Wildman–Crippen MR) is 57.7 cm³/mol. The molecule has 0 radical (unpaired) electrons. The van der Waals surface area contributed by atoms with Crippen molar-refractivity contribution < 1.29 is 9.53 Å². The van der Waals surface area contributed by atoms with Gasteiger partial charge in [-0.25, -0.2) is 4.98 Å². The third-order valence-electron chi connectivity index (χ3n) is 1.70. The van der Waals surface area contributed by atoms with Crippen molar-refractivity contribution in [2.45, 2.75) is 13.3 Å². The summed E-state index contributed by atoms with van der Waals surface area (Å²) in [5, 5.41) is 2.69. The van der Waals surface area contributed by atoms with E-state index in [0.717, 1.165) is 0 Å². The number of carbonyl (C=O) groups is 1. The van der Waals surface area contributed by atoms with E-state index in [0.29, 0.717) is 31.1 Å². The van der Waals surface area contributed by atoms with Crippen LogP contribution in [0.5, 0.6) is 5.88 Å². The normalized spacial score (nSPS) is 9.73. The monoisotopic (exact) mass is 209 g/mol. The van der Waals surface area contributed by atoms with Gasteiger partial charge in [-0.3, -0.25) is 4.79 Å². The van der Waals surface area contributed by atoms with Crippen LogP contribution in [0.4, 0.5) is 5.69 Å². The Hall–Kier alpha value is -1.62. The first-order valence-corrected chi connectivity index (χ1v) is 4.85. The molecule has 0 saturated carbocycles. The number of pyridine rings is 1. The van der Waals surface area contributed by atoms with Gasteiger partial charge in [0.05, 0.1) is 6.61 Å². The van der Waals surface area contributed by atoms with Crippen LogP contribution in [-0.2, 0) is 4.79 Å². The van der Waals surface area contributed by atoms with Crippen LogP contribution in [0, 0.1) is 0 Å². The average molecular weight is 209 g/mol. The minimum absolute atomic E-state index is 0.133. The first-order chi connectivity index (χ1) is 7.27. The van der Waals surface area contributed by atoms with Gasteiger partial charge in [-0.05, 0) is 19.1 Å². The van der Waals surface area contributed by atoms with E-state index in [1.165, 1.54) is 0 Å². The number of nitrogens with one attached hydrogen (secondary N) is 1. The number of ether oxygens (including phenoxy) is 1. The molecule has 5 heteroatoms. The zero-order chi connectivity index (χ0) is 11.1. The lowest BCUT2D eigenvalue weighted by atomic mass is 10.3. The van der Waals surface area contributed by atoms with E-state index < -0.39 is 0 Å². The number of nitrogens with two attached hydrogens (primary N) is 1. The molecule has 1 amide bonds. The van der Waals surface area contributed by atoms with Gasteiger partial charge in [-0.1, -0.05) is 0 Å². The summed E-state index contributed by atoms with van der Waals surface area (Å²) in [6.45, 7) is 2.70. The molecule has 3 N–H and O–H groups in total. The van der Waals surface area contributed by atoms with E-state index in [4.69, 9.17) is 10.5 Å². The largest absolute Gasteiger partial charge is 0.476 e. The van der Waals surface area contributed by atoms with Crippen LogP contribution in [0.15, 0.2) is 18.3 Å². The maximum absolute atomic E-state index is 11.3. The summed E-state index contributed by atoms with van der Waals surface area (Å²) in [6.07, 6.45) is 1.91. The van der Waals surface area contributed by atoms with Crippen molar-refractivity contribution in [2.24, 2.45) is 5.73 Å². The van der Waals surface area contributed by atoms with E-state index in [1.54, 1.807) is 18.3 Å². The van der Waals surface area contributed by atoms with Gasteiger partial charge in [0.2, 0.25) is 11.8 Å². The molecule has 0 aliphatic rings. The fraction of sp³-hybridized carbons (Fsp3) is 0.400. The van der Waals surface area contributed by atoms with Crippen molar-refractivity contribution in [1.82, 2.24) is 4.98 Å². The van der Waals surface area contributed by atoms with Crippen LogP contribution in [0.3, 0.4) is 0 Å². The van der Waals surface area contributed by atoms with Crippen molar-refractivity contribution in [3.05, 3.63) is 18.3 Å². The van der Waals surface area contributed by atoms with E-state index in [-0.39, 0.29) is 5.91 Å². The lowest BCUT2D eigenvalue weighted by Gasteiger charge is -2.09. The smallest absolute Gasteiger partial charge is 0.237 e. The number of amides is 1. The lowest BCUT2D eigenvalue weighted by Crippen LogP contribution is -2.17. The molecule has 0 spiro atoms. The molecule has 1 aromatic rings. The third-order valence-corrected chi connectivity index (χ3v) is 1.70. The first kappa shape index (κ1) is 11.5. The predicted octanol–water partition coefficient (Wildman–Crippen LogP) is 0.768. The second-order valence-electron chi connectivity index (χ2n) is 2.88. The average Bonchev–Trinajstić information content (AvgIpc) is 2.21. The van der Waals surface area contributed by atoms with Gasteiger partial charge in [-0.2, -0.15) is 0 Å². The Bertz CT molecular complexity index is 328. The number of anilines is 1. The molecule has 82 valence electrons. The van der Waals surface area contributed by atoms with Crippen molar-refractivity contribution in [1.29, 1.82) is 0 Å². The van der Waals surface area contributed by atoms with Crippen LogP contribution in [-0.4, -0.2) is 24.0 Å². The Balaban J connectivity index is 2.70. The van der Waals surface area contributed by atoms with E-state index >= 15 is 0 Å². The molecular weight excluding hydrogens is 194 g/mol. The molecule has 0 atom stereocenters. The highest BCUT2D eigenvalue weighted by Crippen LogP contribution is 2.20. The summed E-state index contributed by atoms with van der Waals surface area (Å²) >= 11 is 0. The maximum Gasteiger partial charge on any atom is 0.237 e. The molecule has 1 aromatic heterocycles.